The van der Waals surface area contributed by atoms with E-state index in [1.807, 2.05) is 0 Å². The number of hydrogen-bond donors (Lipinski definition) is 2. The lowest BCUT2D eigenvalue weighted by Crippen LogP contribution is -2.24. The third-order valence-electron chi connectivity index (χ3n) is 2.95. The molecule has 0 amide bonds. The van der Waals surface area contributed by atoms with Gasteiger partial charge in [0.1, 0.15) is 5.82 Å². The summed E-state index contributed by atoms with van der Waals surface area (Å²) in [5.74, 6) is -3.01. The van der Waals surface area contributed by atoms with Crippen molar-refractivity contribution in [2.75, 3.05) is 0 Å². The molecule has 3 atom stereocenters. The molecule has 0 heterocycles. The second-order valence-corrected chi connectivity index (χ2v) is 4.53. The number of hydrogen-bond acceptors (Lipinski definition) is 2. The van der Waals surface area contributed by atoms with Gasteiger partial charge in [-0.1, -0.05) is 25.4 Å². The average molecular weight is 261 g/mol. The quantitative estimate of drug-likeness (QED) is 0.875. The highest BCUT2D eigenvalue weighted by Gasteiger charge is 2.28. The molecule has 0 aliphatic rings. The fraction of sp³-hybridized carbons (Fsp3) is 0.417. The van der Waals surface area contributed by atoms with Gasteiger partial charge < -0.3 is 10.2 Å². The number of aliphatic carboxylic acids is 1. The highest BCUT2D eigenvalue weighted by atomic mass is 35.5. The maximum atomic E-state index is 13.5. The number of carboxylic acids is 1. The van der Waals surface area contributed by atoms with Crippen molar-refractivity contribution in [1.29, 1.82) is 0 Å². The van der Waals surface area contributed by atoms with Crippen LogP contribution in [0.1, 0.15) is 25.5 Å². The summed E-state index contributed by atoms with van der Waals surface area (Å²) in [6, 6.07) is 3.84. The van der Waals surface area contributed by atoms with Crippen molar-refractivity contribution in [3.63, 3.8) is 0 Å². The van der Waals surface area contributed by atoms with Crippen LogP contribution in [0.5, 0.6) is 0 Å². The maximum Gasteiger partial charge on any atom is 0.306 e. The summed E-state index contributed by atoms with van der Waals surface area (Å²) >= 11 is 5.71. The molecule has 0 aromatic heterocycles. The first-order valence-corrected chi connectivity index (χ1v) is 5.58. The fourth-order valence-corrected chi connectivity index (χ4v) is 1.70. The lowest BCUT2D eigenvalue weighted by molar-refractivity contribution is -0.144. The molecule has 2 N–H and O–H groups in total. The Kier molecular flexibility index (Phi) is 4.48. The van der Waals surface area contributed by atoms with E-state index in [1.165, 1.54) is 19.1 Å². The molecule has 0 bridgehead atoms. The molecule has 0 saturated carbocycles. The first-order valence-electron chi connectivity index (χ1n) is 5.20. The molecule has 0 saturated heterocycles. The van der Waals surface area contributed by atoms with Gasteiger partial charge in [-0.15, -0.1) is 0 Å². The van der Waals surface area contributed by atoms with Crippen LogP contribution in [0.4, 0.5) is 4.39 Å². The minimum absolute atomic E-state index is 0.0260. The minimum atomic E-state index is -1.19. The van der Waals surface area contributed by atoms with Crippen LogP contribution in [0, 0.1) is 17.7 Å². The Bertz CT molecular complexity index is 422. The first-order chi connectivity index (χ1) is 7.84. The zero-order chi connectivity index (χ0) is 13.2. The molecule has 1 aromatic carbocycles. The third kappa shape index (κ3) is 3.17. The van der Waals surface area contributed by atoms with Gasteiger partial charge in [-0.2, -0.15) is 0 Å². The Morgan fingerprint density at radius 3 is 2.53 bits per heavy atom. The molecule has 17 heavy (non-hydrogen) atoms. The summed E-state index contributed by atoms with van der Waals surface area (Å²) in [7, 11) is 0. The molecule has 0 radical (unpaired) electrons. The number of halogens is 2. The van der Waals surface area contributed by atoms with Crippen molar-refractivity contribution in [2.24, 2.45) is 11.8 Å². The molecule has 1 aromatic rings. The molecule has 3 unspecified atom stereocenters. The van der Waals surface area contributed by atoms with Crippen molar-refractivity contribution < 1.29 is 19.4 Å². The van der Waals surface area contributed by atoms with Crippen LogP contribution >= 0.6 is 11.6 Å². The molecule has 5 heteroatoms. The van der Waals surface area contributed by atoms with E-state index in [-0.39, 0.29) is 5.56 Å². The zero-order valence-electron chi connectivity index (χ0n) is 9.52. The topological polar surface area (TPSA) is 57.5 Å². The number of carbonyl (C=O) groups is 1. The lowest BCUT2D eigenvalue weighted by atomic mass is 9.87. The van der Waals surface area contributed by atoms with Crippen molar-refractivity contribution in [1.82, 2.24) is 0 Å². The van der Waals surface area contributed by atoms with E-state index < -0.39 is 29.7 Å². The average Bonchev–Trinajstić information content (AvgIpc) is 2.29. The molecule has 0 fully saturated rings. The molecule has 0 aliphatic heterocycles. The summed E-state index contributed by atoms with van der Waals surface area (Å²) in [4.78, 5) is 10.8. The largest absolute Gasteiger partial charge is 0.481 e. The van der Waals surface area contributed by atoms with E-state index in [4.69, 9.17) is 16.7 Å². The van der Waals surface area contributed by atoms with Crippen LogP contribution in [-0.4, -0.2) is 16.2 Å². The van der Waals surface area contributed by atoms with Crippen LogP contribution in [0.3, 0.4) is 0 Å². The first kappa shape index (κ1) is 13.9. The number of aliphatic hydroxyl groups is 1. The highest BCUT2D eigenvalue weighted by Crippen LogP contribution is 2.31. The van der Waals surface area contributed by atoms with E-state index in [2.05, 4.69) is 0 Å². The van der Waals surface area contributed by atoms with Gasteiger partial charge in [0.25, 0.3) is 0 Å². The Hall–Kier alpha value is -1.13. The van der Waals surface area contributed by atoms with Crippen LogP contribution in [-0.2, 0) is 4.79 Å². The molecule has 1 rings (SSSR count). The standard InChI is InChI=1S/C12H14ClFO3/c1-6(7(2)12(16)17)11(15)9-5-8(13)3-4-10(9)14/h3-7,11,15H,1-2H3,(H,16,17). The fourth-order valence-electron chi connectivity index (χ4n) is 1.52. The van der Waals surface area contributed by atoms with Crippen molar-refractivity contribution in [2.45, 2.75) is 20.0 Å². The van der Waals surface area contributed by atoms with Crippen molar-refractivity contribution >= 4 is 17.6 Å². The zero-order valence-corrected chi connectivity index (χ0v) is 10.3. The van der Waals surface area contributed by atoms with Crippen LogP contribution in [0.25, 0.3) is 0 Å². The van der Waals surface area contributed by atoms with E-state index in [1.54, 1.807) is 6.92 Å². The van der Waals surface area contributed by atoms with E-state index >= 15 is 0 Å². The van der Waals surface area contributed by atoms with Crippen LogP contribution in [0.2, 0.25) is 5.02 Å². The SMILES string of the molecule is CC(C(=O)O)C(C)C(O)c1cc(Cl)ccc1F. The monoisotopic (exact) mass is 260 g/mol. The summed E-state index contributed by atoms with van der Waals surface area (Å²) in [6.07, 6.45) is -1.19. The Morgan fingerprint density at radius 2 is 2.00 bits per heavy atom. The summed E-state index contributed by atoms with van der Waals surface area (Å²) in [5, 5.41) is 19.1. The molecule has 3 nitrogen and oxygen atoms in total. The van der Waals surface area contributed by atoms with Gasteiger partial charge in [0.15, 0.2) is 0 Å². The maximum absolute atomic E-state index is 13.5. The Labute approximate surface area is 104 Å². The number of rotatable bonds is 4. The molecule has 94 valence electrons. The van der Waals surface area contributed by atoms with E-state index in [9.17, 15) is 14.3 Å². The third-order valence-corrected chi connectivity index (χ3v) is 3.19. The van der Waals surface area contributed by atoms with Gasteiger partial charge in [0.05, 0.1) is 12.0 Å². The van der Waals surface area contributed by atoms with Crippen molar-refractivity contribution in [3.05, 3.63) is 34.6 Å². The van der Waals surface area contributed by atoms with E-state index in [0.29, 0.717) is 5.02 Å². The summed E-state index contributed by atoms with van der Waals surface area (Å²) in [6.45, 7) is 3.03. The van der Waals surface area contributed by atoms with Crippen LogP contribution < -0.4 is 0 Å². The lowest BCUT2D eigenvalue weighted by Gasteiger charge is -2.23. The Morgan fingerprint density at radius 1 is 1.41 bits per heavy atom. The van der Waals surface area contributed by atoms with Gasteiger partial charge >= 0.3 is 5.97 Å². The summed E-state index contributed by atoms with van der Waals surface area (Å²) in [5.41, 5.74) is 0.0260. The molecule has 0 aliphatic carbocycles. The molecular formula is C12H14ClFO3. The second-order valence-electron chi connectivity index (χ2n) is 4.10. The number of carboxylic acid groups (broad SMARTS) is 1. The van der Waals surface area contributed by atoms with Crippen LogP contribution in [0.15, 0.2) is 18.2 Å². The predicted molar refractivity (Wildman–Crippen MR) is 62.3 cm³/mol. The normalized spacial score (nSPS) is 16.3. The van der Waals surface area contributed by atoms with E-state index in [0.717, 1.165) is 6.07 Å². The van der Waals surface area contributed by atoms with Gasteiger partial charge in [0.2, 0.25) is 0 Å². The second kappa shape index (κ2) is 5.47. The van der Waals surface area contributed by atoms with Gasteiger partial charge in [-0.3, -0.25) is 4.79 Å². The highest BCUT2D eigenvalue weighted by molar-refractivity contribution is 6.30. The summed E-state index contributed by atoms with van der Waals surface area (Å²) < 4.78 is 13.5. The number of aliphatic hydroxyl groups excluding tert-OH is 1. The van der Waals surface area contributed by atoms with Crippen molar-refractivity contribution in [3.8, 4) is 0 Å². The number of benzene rings is 1. The Balaban J connectivity index is 2.99. The molecular weight excluding hydrogens is 247 g/mol. The molecule has 0 spiro atoms. The smallest absolute Gasteiger partial charge is 0.306 e. The van der Waals surface area contributed by atoms with Gasteiger partial charge in [0, 0.05) is 10.6 Å². The predicted octanol–water partition coefficient (Wildman–Crippen LogP) is 2.87. The van der Waals surface area contributed by atoms with Gasteiger partial charge in [-0.05, 0) is 24.1 Å². The minimum Gasteiger partial charge on any atom is -0.481 e. The van der Waals surface area contributed by atoms with Gasteiger partial charge in [-0.25, -0.2) is 4.39 Å².